The summed E-state index contributed by atoms with van der Waals surface area (Å²) in [5.74, 6) is -0.283. The number of aromatic nitrogens is 2. The van der Waals surface area contributed by atoms with Crippen LogP contribution in [0.4, 0.5) is 0 Å². The number of primary amides is 1. The predicted octanol–water partition coefficient (Wildman–Crippen LogP) is 1.68. The molecule has 156 valence electrons. The van der Waals surface area contributed by atoms with Crippen LogP contribution >= 0.6 is 0 Å². The highest BCUT2D eigenvalue weighted by Crippen LogP contribution is 2.38. The van der Waals surface area contributed by atoms with Crippen molar-refractivity contribution in [2.75, 3.05) is 20.8 Å². The van der Waals surface area contributed by atoms with Crippen molar-refractivity contribution in [3.05, 3.63) is 66.0 Å². The summed E-state index contributed by atoms with van der Waals surface area (Å²) >= 11 is 0. The Kier molecular flexibility index (Phi) is 6.53. The third-order valence-corrected chi connectivity index (χ3v) is 4.26. The molecule has 0 atom stereocenters. The summed E-state index contributed by atoms with van der Waals surface area (Å²) in [7, 11) is 2.85. The van der Waals surface area contributed by atoms with Gasteiger partial charge in [-0.25, -0.2) is 4.68 Å². The molecule has 9 heteroatoms. The molecule has 0 fully saturated rings. The van der Waals surface area contributed by atoms with E-state index in [1.54, 1.807) is 10.9 Å². The zero-order chi connectivity index (χ0) is 21.5. The number of hydrogen-bond donors (Lipinski definition) is 2. The lowest BCUT2D eigenvalue weighted by Crippen LogP contribution is -2.24. The van der Waals surface area contributed by atoms with Crippen LogP contribution in [0.2, 0.25) is 0 Å². The van der Waals surface area contributed by atoms with Crippen molar-refractivity contribution in [1.29, 1.82) is 0 Å². The SMILES string of the molecule is COc1cc(C(=O)NCc2ccccc2-n2cccn2)cc(OC)c1OCC(N)=O. The van der Waals surface area contributed by atoms with Crippen LogP contribution in [0.5, 0.6) is 17.2 Å². The van der Waals surface area contributed by atoms with Gasteiger partial charge in [-0.3, -0.25) is 9.59 Å². The molecule has 3 N–H and O–H groups in total. The van der Waals surface area contributed by atoms with Gasteiger partial charge in [-0.15, -0.1) is 0 Å². The number of benzene rings is 2. The molecule has 1 heterocycles. The number of carbonyl (C=O) groups is 2. The van der Waals surface area contributed by atoms with Crippen LogP contribution < -0.4 is 25.3 Å². The Bertz CT molecular complexity index is 1010. The van der Waals surface area contributed by atoms with E-state index in [-0.39, 0.29) is 29.8 Å². The second-order valence-electron chi connectivity index (χ2n) is 6.23. The lowest BCUT2D eigenvalue weighted by Gasteiger charge is -2.16. The van der Waals surface area contributed by atoms with Gasteiger partial charge in [0.25, 0.3) is 11.8 Å². The smallest absolute Gasteiger partial charge is 0.255 e. The van der Waals surface area contributed by atoms with Gasteiger partial charge in [0.2, 0.25) is 5.75 Å². The van der Waals surface area contributed by atoms with Crippen LogP contribution in [0, 0.1) is 0 Å². The van der Waals surface area contributed by atoms with Crippen molar-refractivity contribution in [2.45, 2.75) is 6.54 Å². The lowest BCUT2D eigenvalue weighted by molar-refractivity contribution is -0.120. The number of rotatable bonds is 9. The van der Waals surface area contributed by atoms with Crippen molar-refractivity contribution in [2.24, 2.45) is 5.73 Å². The highest BCUT2D eigenvalue weighted by molar-refractivity contribution is 5.95. The first-order valence-corrected chi connectivity index (χ1v) is 9.06. The Hall–Kier alpha value is -4.01. The molecule has 3 aromatic rings. The van der Waals surface area contributed by atoms with Gasteiger partial charge in [0.1, 0.15) is 0 Å². The van der Waals surface area contributed by atoms with E-state index in [0.717, 1.165) is 11.3 Å². The van der Waals surface area contributed by atoms with Crippen LogP contribution in [-0.4, -0.2) is 42.4 Å². The maximum atomic E-state index is 12.8. The number of ether oxygens (including phenoxy) is 3. The Morgan fingerprint density at radius 3 is 2.40 bits per heavy atom. The van der Waals surface area contributed by atoms with Crippen LogP contribution in [-0.2, 0) is 11.3 Å². The molecular formula is C21H22N4O5. The van der Waals surface area contributed by atoms with Gasteiger partial charge in [0.05, 0.1) is 19.9 Å². The van der Waals surface area contributed by atoms with Gasteiger partial charge in [0.15, 0.2) is 18.1 Å². The number of amides is 2. The van der Waals surface area contributed by atoms with Gasteiger partial charge < -0.3 is 25.3 Å². The van der Waals surface area contributed by atoms with Gasteiger partial charge in [-0.05, 0) is 29.8 Å². The molecule has 1 aromatic heterocycles. The van der Waals surface area contributed by atoms with Crippen LogP contribution in [0.15, 0.2) is 54.9 Å². The Balaban J connectivity index is 1.80. The molecule has 9 nitrogen and oxygen atoms in total. The summed E-state index contributed by atoms with van der Waals surface area (Å²) in [6.07, 6.45) is 3.52. The predicted molar refractivity (Wildman–Crippen MR) is 109 cm³/mol. The van der Waals surface area contributed by atoms with Gasteiger partial charge >= 0.3 is 0 Å². The number of nitrogens with one attached hydrogen (secondary N) is 1. The molecule has 0 bridgehead atoms. The molecule has 0 aliphatic rings. The summed E-state index contributed by atoms with van der Waals surface area (Å²) in [6.45, 7) is -0.0537. The van der Waals surface area contributed by atoms with E-state index < -0.39 is 5.91 Å². The minimum absolute atomic E-state index is 0.194. The van der Waals surface area contributed by atoms with E-state index >= 15 is 0 Å². The minimum atomic E-state index is -0.642. The topological polar surface area (TPSA) is 118 Å². The second kappa shape index (κ2) is 9.46. The average Bonchev–Trinajstić information content (AvgIpc) is 3.30. The number of nitrogens with zero attached hydrogens (tertiary/aromatic N) is 2. The standard InChI is InChI=1S/C21H22N4O5/c1-28-17-10-15(11-18(29-2)20(17)30-13-19(22)26)21(27)23-12-14-6-3-4-7-16(14)25-9-5-8-24-25/h3-11H,12-13H2,1-2H3,(H2,22,26)(H,23,27). The molecule has 0 unspecified atom stereocenters. The highest BCUT2D eigenvalue weighted by atomic mass is 16.5. The average molecular weight is 410 g/mol. The van der Waals surface area contributed by atoms with Crippen molar-refractivity contribution in [3.63, 3.8) is 0 Å². The third-order valence-electron chi connectivity index (χ3n) is 4.26. The van der Waals surface area contributed by atoms with Crippen LogP contribution in [0.3, 0.4) is 0 Å². The second-order valence-corrected chi connectivity index (χ2v) is 6.23. The van der Waals surface area contributed by atoms with E-state index in [1.807, 2.05) is 36.5 Å². The highest BCUT2D eigenvalue weighted by Gasteiger charge is 2.18. The number of methoxy groups -OCH3 is 2. The fourth-order valence-corrected chi connectivity index (χ4v) is 2.87. The van der Waals surface area contributed by atoms with E-state index in [1.165, 1.54) is 26.4 Å². The molecular weight excluding hydrogens is 388 g/mol. The first kappa shape index (κ1) is 20.7. The van der Waals surface area contributed by atoms with Crippen molar-refractivity contribution in [1.82, 2.24) is 15.1 Å². The third kappa shape index (κ3) is 4.69. The number of para-hydroxylation sites is 1. The first-order chi connectivity index (χ1) is 14.5. The Labute approximate surface area is 173 Å². The molecule has 3 rings (SSSR count). The molecule has 0 aliphatic heterocycles. The van der Waals surface area contributed by atoms with Gasteiger partial charge in [0, 0.05) is 24.5 Å². The van der Waals surface area contributed by atoms with Crippen molar-refractivity contribution >= 4 is 11.8 Å². The van der Waals surface area contributed by atoms with E-state index in [0.29, 0.717) is 12.1 Å². The zero-order valence-corrected chi connectivity index (χ0v) is 16.6. The summed E-state index contributed by atoms with van der Waals surface area (Å²) in [4.78, 5) is 23.8. The number of carbonyl (C=O) groups excluding carboxylic acids is 2. The maximum absolute atomic E-state index is 12.8. The summed E-state index contributed by atoms with van der Waals surface area (Å²) in [5, 5.41) is 7.13. The van der Waals surface area contributed by atoms with Gasteiger partial charge in [-0.1, -0.05) is 18.2 Å². The van der Waals surface area contributed by atoms with Crippen LogP contribution in [0.25, 0.3) is 5.69 Å². The molecule has 2 amide bonds. The molecule has 2 aromatic carbocycles. The van der Waals surface area contributed by atoms with Gasteiger partial charge in [-0.2, -0.15) is 5.10 Å². The van der Waals surface area contributed by atoms with E-state index in [2.05, 4.69) is 10.4 Å². The molecule has 0 saturated heterocycles. The van der Waals surface area contributed by atoms with Crippen molar-refractivity contribution < 1.29 is 23.8 Å². The summed E-state index contributed by atoms with van der Waals surface area (Å²) in [6, 6.07) is 12.5. The zero-order valence-electron chi connectivity index (χ0n) is 16.6. The Morgan fingerprint density at radius 2 is 1.80 bits per heavy atom. The number of nitrogens with two attached hydrogens (primary N) is 1. The summed E-state index contributed by atoms with van der Waals surface area (Å²) in [5.41, 5.74) is 7.21. The Morgan fingerprint density at radius 1 is 1.10 bits per heavy atom. The molecule has 0 radical (unpaired) electrons. The molecule has 0 spiro atoms. The molecule has 30 heavy (non-hydrogen) atoms. The number of hydrogen-bond acceptors (Lipinski definition) is 6. The van der Waals surface area contributed by atoms with E-state index in [4.69, 9.17) is 19.9 Å². The minimum Gasteiger partial charge on any atom is -0.493 e. The molecule has 0 saturated carbocycles. The lowest BCUT2D eigenvalue weighted by atomic mass is 10.1. The fourth-order valence-electron chi connectivity index (χ4n) is 2.87. The summed E-state index contributed by atoms with van der Waals surface area (Å²) < 4.78 is 17.7. The fraction of sp³-hybridized carbons (Fsp3) is 0.190. The van der Waals surface area contributed by atoms with Crippen molar-refractivity contribution in [3.8, 4) is 22.9 Å². The maximum Gasteiger partial charge on any atom is 0.255 e. The quantitative estimate of drug-likeness (QED) is 0.554. The monoisotopic (exact) mass is 410 g/mol. The normalized spacial score (nSPS) is 10.3. The first-order valence-electron chi connectivity index (χ1n) is 9.06. The van der Waals surface area contributed by atoms with Crippen LogP contribution in [0.1, 0.15) is 15.9 Å². The van der Waals surface area contributed by atoms with E-state index in [9.17, 15) is 9.59 Å². The molecule has 0 aliphatic carbocycles. The largest absolute Gasteiger partial charge is 0.493 e.